The summed E-state index contributed by atoms with van der Waals surface area (Å²) in [5.41, 5.74) is 10.8. The molecule has 0 unspecified atom stereocenters. The van der Waals surface area contributed by atoms with Gasteiger partial charge in [-0.25, -0.2) is 4.79 Å². The van der Waals surface area contributed by atoms with Gasteiger partial charge in [-0.1, -0.05) is 54.6 Å². The Morgan fingerprint density at radius 3 is 2.46 bits per heavy atom. The molecule has 0 aliphatic carbocycles. The minimum atomic E-state index is -0.867. The summed E-state index contributed by atoms with van der Waals surface area (Å²) < 4.78 is 6.00. The molecule has 6 heteroatoms. The summed E-state index contributed by atoms with van der Waals surface area (Å²) in [6.45, 7) is 4.19. The van der Waals surface area contributed by atoms with Crippen LogP contribution in [0.15, 0.2) is 72.8 Å². The van der Waals surface area contributed by atoms with Gasteiger partial charge in [-0.15, -0.1) is 0 Å². The Kier molecular flexibility index (Phi) is 8.07. The zero-order valence-electron chi connectivity index (χ0n) is 21.4. The molecule has 0 aromatic heterocycles. The molecule has 0 radical (unpaired) electrons. The number of rotatable bonds is 10. The quantitative estimate of drug-likeness (QED) is 0.363. The monoisotopic (exact) mass is 499 g/mol. The third-order valence-corrected chi connectivity index (χ3v) is 7.78. The average Bonchev–Trinajstić information content (AvgIpc) is 2.93. The van der Waals surface area contributed by atoms with Crippen molar-refractivity contribution in [2.45, 2.75) is 38.1 Å². The Morgan fingerprint density at radius 1 is 0.973 bits per heavy atom. The van der Waals surface area contributed by atoms with Crippen LogP contribution < -0.4 is 15.4 Å². The highest BCUT2D eigenvalue weighted by atomic mass is 16.5. The fraction of sp³-hybridized carbons (Fsp3) is 0.387. The number of benzene rings is 3. The smallest absolute Gasteiger partial charge is 0.412 e. The van der Waals surface area contributed by atoms with Crippen LogP contribution >= 0.6 is 0 Å². The van der Waals surface area contributed by atoms with Crippen LogP contribution in [-0.4, -0.2) is 54.9 Å². The van der Waals surface area contributed by atoms with Gasteiger partial charge >= 0.3 is 6.09 Å². The lowest BCUT2D eigenvalue weighted by molar-refractivity contribution is 0.0837. The molecule has 6 nitrogen and oxygen atoms in total. The fourth-order valence-corrected chi connectivity index (χ4v) is 5.87. The van der Waals surface area contributed by atoms with Crippen LogP contribution in [0.5, 0.6) is 5.75 Å². The third-order valence-electron chi connectivity index (χ3n) is 7.78. The van der Waals surface area contributed by atoms with E-state index in [1.165, 1.54) is 5.56 Å². The number of carboxylic acid groups (broad SMARTS) is 1. The Balaban J connectivity index is 1.35. The van der Waals surface area contributed by atoms with E-state index >= 15 is 0 Å². The Labute approximate surface area is 219 Å². The predicted molar refractivity (Wildman–Crippen MR) is 148 cm³/mol. The van der Waals surface area contributed by atoms with Crippen molar-refractivity contribution in [1.82, 2.24) is 4.90 Å². The SMILES string of the molecule is NCCc1cccc(OCCCc2ccc(-c3ccccc3)c(N(C(=O)O)[C@H]3CN4CCC3CC4)c2)c1. The van der Waals surface area contributed by atoms with Crippen LogP contribution in [0.2, 0.25) is 0 Å². The van der Waals surface area contributed by atoms with E-state index in [9.17, 15) is 9.90 Å². The van der Waals surface area contributed by atoms with Gasteiger partial charge in [0.15, 0.2) is 0 Å². The van der Waals surface area contributed by atoms with Crippen molar-refractivity contribution in [3.63, 3.8) is 0 Å². The summed E-state index contributed by atoms with van der Waals surface area (Å²) in [6.07, 6.45) is 3.77. The van der Waals surface area contributed by atoms with Gasteiger partial charge in [-0.3, -0.25) is 4.90 Å². The number of hydrogen-bond donors (Lipinski definition) is 2. The van der Waals surface area contributed by atoms with Crippen LogP contribution in [0.4, 0.5) is 10.5 Å². The molecule has 3 aliphatic rings. The van der Waals surface area contributed by atoms with E-state index in [1.54, 1.807) is 4.90 Å². The summed E-state index contributed by atoms with van der Waals surface area (Å²) >= 11 is 0. The second kappa shape index (κ2) is 11.8. The molecule has 3 N–H and O–H groups in total. The number of fused-ring (bicyclic) bond motifs is 3. The number of piperidine rings is 3. The van der Waals surface area contributed by atoms with Gasteiger partial charge in [0.2, 0.25) is 0 Å². The molecule has 3 aromatic carbocycles. The van der Waals surface area contributed by atoms with E-state index in [0.717, 1.165) is 79.9 Å². The van der Waals surface area contributed by atoms with Crippen LogP contribution in [0, 0.1) is 5.92 Å². The lowest BCUT2D eigenvalue weighted by atomic mass is 9.82. The number of anilines is 1. The summed E-state index contributed by atoms with van der Waals surface area (Å²) in [5, 5.41) is 10.4. The zero-order valence-corrected chi connectivity index (χ0v) is 21.4. The van der Waals surface area contributed by atoms with Crippen molar-refractivity contribution in [2.24, 2.45) is 11.7 Å². The highest BCUT2D eigenvalue weighted by Gasteiger charge is 2.40. The minimum absolute atomic E-state index is 0.0122. The summed E-state index contributed by atoms with van der Waals surface area (Å²) in [6, 6.07) is 24.5. The minimum Gasteiger partial charge on any atom is -0.494 e. The molecule has 0 saturated carbocycles. The first-order valence-electron chi connectivity index (χ1n) is 13.5. The van der Waals surface area contributed by atoms with Gasteiger partial charge in [0.05, 0.1) is 18.3 Å². The standard InChI is InChI=1S/C31H37N3O3/c32-16-13-24-6-4-10-27(20-24)37-19-5-7-23-11-12-28(25-8-2-1-3-9-25)29(21-23)34(31(35)36)30-22-33-17-14-26(30)15-18-33/h1-4,6,8-12,20-21,26,30H,5,7,13-19,22,32H2,(H,35,36)/t30-/m0/s1. The molecule has 3 fully saturated rings. The molecule has 2 bridgehead atoms. The molecule has 1 atom stereocenters. The van der Waals surface area contributed by atoms with E-state index < -0.39 is 6.09 Å². The van der Waals surface area contributed by atoms with Crippen LogP contribution in [-0.2, 0) is 12.8 Å². The van der Waals surface area contributed by atoms with Crippen LogP contribution in [0.3, 0.4) is 0 Å². The Bertz CT molecular complexity index is 1190. The second-order valence-electron chi connectivity index (χ2n) is 10.2. The molecule has 3 aliphatic heterocycles. The van der Waals surface area contributed by atoms with Gasteiger partial charge in [-0.2, -0.15) is 0 Å². The zero-order chi connectivity index (χ0) is 25.6. The van der Waals surface area contributed by atoms with Gasteiger partial charge < -0.3 is 20.5 Å². The van der Waals surface area contributed by atoms with Gasteiger partial charge in [0.1, 0.15) is 5.75 Å². The second-order valence-corrected chi connectivity index (χ2v) is 10.2. The van der Waals surface area contributed by atoms with Crippen LogP contribution in [0.25, 0.3) is 11.1 Å². The van der Waals surface area contributed by atoms with Gasteiger partial charge in [0, 0.05) is 12.1 Å². The van der Waals surface area contributed by atoms with E-state index in [0.29, 0.717) is 19.1 Å². The lowest BCUT2D eigenvalue weighted by Gasteiger charge is -2.48. The van der Waals surface area contributed by atoms with Crippen molar-refractivity contribution in [3.05, 3.63) is 83.9 Å². The van der Waals surface area contributed by atoms with Crippen molar-refractivity contribution in [1.29, 1.82) is 0 Å². The van der Waals surface area contributed by atoms with Crippen molar-refractivity contribution >= 4 is 11.8 Å². The third kappa shape index (κ3) is 5.97. The molecule has 3 saturated heterocycles. The number of nitrogens with zero attached hydrogens (tertiary/aromatic N) is 2. The maximum Gasteiger partial charge on any atom is 0.412 e. The Hall–Kier alpha value is -3.35. The topological polar surface area (TPSA) is 79.0 Å². The van der Waals surface area contributed by atoms with Crippen molar-refractivity contribution in [3.8, 4) is 16.9 Å². The first-order chi connectivity index (χ1) is 18.1. The number of aryl methyl sites for hydroxylation is 1. The maximum absolute atomic E-state index is 12.7. The summed E-state index contributed by atoms with van der Waals surface area (Å²) in [7, 11) is 0. The van der Waals surface area contributed by atoms with Gasteiger partial charge in [0.25, 0.3) is 0 Å². The first-order valence-corrected chi connectivity index (χ1v) is 13.5. The lowest BCUT2D eigenvalue weighted by Crippen LogP contribution is -2.59. The normalized spacial score (nSPS) is 20.5. The number of nitrogens with two attached hydrogens (primary N) is 1. The van der Waals surface area contributed by atoms with E-state index in [-0.39, 0.29) is 6.04 Å². The molecular weight excluding hydrogens is 462 g/mol. The predicted octanol–water partition coefficient (Wildman–Crippen LogP) is 5.45. The molecule has 194 valence electrons. The number of amides is 1. The molecular formula is C31H37N3O3. The molecule has 3 aromatic rings. The van der Waals surface area contributed by atoms with E-state index in [1.807, 2.05) is 30.3 Å². The summed E-state index contributed by atoms with van der Waals surface area (Å²) in [5.74, 6) is 1.28. The van der Waals surface area contributed by atoms with E-state index in [4.69, 9.17) is 10.5 Å². The van der Waals surface area contributed by atoms with Gasteiger partial charge in [-0.05, 0) is 92.5 Å². The average molecular weight is 500 g/mol. The molecule has 37 heavy (non-hydrogen) atoms. The number of carbonyl (C=O) groups is 1. The molecule has 3 heterocycles. The largest absolute Gasteiger partial charge is 0.494 e. The number of hydrogen-bond acceptors (Lipinski definition) is 4. The van der Waals surface area contributed by atoms with Crippen molar-refractivity contribution < 1.29 is 14.6 Å². The fourth-order valence-electron chi connectivity index (χ4n) is 5.87. The molecule has 1 amide bonds. The molecule has 6 rings (SSSR count). The highest BCUT2D eigenvalue weighted by molar-refractivity contribution is 5.94. The van der Waals surface area contributed by atoms with Crippen LogP contribution in [0.1, 0.15) is 30.4 Å². The van der Waals surface area contributed by atoms with E-state index in [2.05, 4.69) is 47.4 Å². The maximum atomic E-state index is 12.7. The Morgan fingerprint density at radius 2 is 1.76 bits per heavy atom. The number of ether oxygens (including phenoxy) is 1. The highest BCUT2D eigenvalue weighted by Crippen LogP contribution is 2.38. The van der Waals surface area contributed by atoms with Crippen molar-refractivity contribution in [2.75, 3.05) is 37.7 Å². The molecule has 0 spiro atoms. The summed E-state index contributed by atoms with van der Waals surface area (Å²) in [4.78, 5) is 16.8. The first kappa shape index (κ1) is 25.3.